The number of nitrogens with one attached hydrogen (secondary N) is 2. The lowest BCUT2D eigenvalue weighted by molar-refractivity contribution is -0.140. The van der Waals surface area contributed by atoms with Gasteiger partial charge in [-0.2, -0.15) is 0 Å². The molecule has 0 aromatic heterocycles. The van der Waals surface area contributed by atoms with Gasteiger partial charge in [0.15, 0.2) is 0 Å². The van der Waals surface area contributed by atoms with Crippen LogP contribution >= 0.6 is 0 Å². The lowest BCUT2D eigenvalue weighted by Gasteiger charge is -2.34. The van der Waals surface area contributed by atoms with Gasteiger partial charge in [-0.05, 0) is 50.6 Å². The van der Waals surface area contributed by atoms with Gasteiger partial charge in [0.1, 0.15) is 11.4 Å². The molecule has 1 fully saturated rings. The van der Waals surface area contributed by atoms with E-state index in [2.05, 4.69) is 10.6 Å². The number of ether oxygens (including phenoxy) is 1. The zero-order valence-electron chi connectivity index (χ0n) is 11.3. The van der Waals surface area contributed by atoms with Crippen LogP contribution < -0.4 is 10.6 Å². The summed E-state index contributed by atoms with van der Waals surface area (Å²) in [5, 5.41) is 5.82. The van der Waals surface area contributed by atoms with Gasteiger partial charge < -0.3 is 15.4 Å². The maximum Gasteiger partial charge on any atom is 0.256 e. The maximum absolute atomic E-state index is 13.7. The summed E-state index contributed by atoms with van der Waals surface area (Å²) < 4.78 is 19.1. The molecule has 1 aromatic carbocycles. The zero-order valence-corrected chi connectivity index (χ0v) is 11.3. The molecule has 0 saturated carbocycles. The van der Waals surface area contributed by atoms with E-state index in [1.165, 1.54) is 13.2 Å². The second-order valence-corrected chi connectivity index (χ2v) is 4.89. The number of hydrogen-bond acceptors (Lipinski definition) is 3. The first-order valence-electron chi connectivity index (χ1n) is 6.41. The number of aryl methyl sites for hydroxylation is 1. The van der Waals surface area contributed by atoms with Gasteiger partial charge in [0.05, 0.1) is 5.69 Å². The van der Waals surface area contributed by atoms with Gasteiger partial charge in [-0.15, -0.1) is 0 Å². The summed E-state index contributed by atoms with van der Waals surface area (Å²) in [5.41, 5.74) is 0.245. The molecule has 1 saturated heterocycles. The molecule has 1 heterocycles. The molecule has 1 aromatic rings. The molecule has 0 bridgehead atoms. The summed E-state index contributed by atoms with van der Waals surface area (Å²) in [5.74, 6) is -0.708. The first-order valence-corrected chi connectivity index (χ1v) is 6.41. The van der Waals surface area contributed by atoms with Gasteiger partial charge >= 0.3 is 0 Å². The Hall–Kier alpha value is -1.46. The molecule has 4 nitrogen and oxygen atoms in total. The van der Waals surface area contributed by atoms with E-state index in [1.807, 2.05) is 6.92 Å². The highest BCUT2D eigenvalue weighted by Gasteiger charge is 2.39. The number of carbonyl (C=O) groups excluding carboxylic acids is 1. The first-order chi connectivity index (χ1) is 9.07. The Morgan fingerprint density at radius 1 is 1.42 bits per heavy atom. The number of piperidine rings is 1. The highest BCUT2D eigenvalue weighted by Crippen LogP contribution is 2.25. The number of benzene rings is 1. The van der Waals surface area contributed by atoms with Crippen LogP contribution in [0, 0.1) is 12.7 Å². The average molecular weight is 266 g/mol. The van der Waals surface area contributed by atoms with Crippen LogP contribution in [0.2, 0.25) is 0 Å². The first kappa shape index (κ1) is 14.0. The van der Waals surface area contributed by atoms with Crippen LogP contribution in [-0.2, 0) is 9.53 Å². The topological polar surface area (TPSA) is 50.4 Å². The van der Waals surface area contributed by atoms with Gasteiger partial charge in [-0.1, -0.05) is 6.07 Å². The quantitative estimate of drug-likeness (QED) is 0.877. The third kappa shape index (κ3) is 2.93. The van der Waals surface area contributed by atoms with Crippen molar-refractivity contribution >= 4 is 11.6 Å². The minimum absolute atomic E-state index is 0.208. The molecule has 2 rings (SSSR count). The van der Waals surface area contributed by atoms with Gasteiger partial charge in [0.25, 0.3) is 5.91 Å². The molecule has 2 N–H and O–H groups in total. The fraction of sp³-hybridized carbons (Fsp3) is 0.500. The Balaban J connectivity index is 2.17. The molecule has 0 atom stereocenters. The summed E-state index contributed by atoms with van der Waals surface area (Å²) in [6.45, 7) is 3.29. The van der Waals surface area contributed by atoms with Crippen LogP contribution in [0.1, 0.15) is 18.4 Å². The van der Waals surface area contributed by atoms with Crippen molar-refractivity contribution in [3.8, 4) is 0 Å². The van der Waals surface area contributed by atoms with E-state index in [9.17, 15) is 9.18 Å². The second-order valence-electron chi connectivity index (χ2n) is 4.89. The Kier molecular flexibility index (Phi) is 4.17. The summed E-state index contributed by atoms with van der Waals surface area (Å²) in [7, 11) is 1.53. The molecular weight excluding hydrogens is 247 g/mol. The lowest BCUT2D eigenvalue weighted by atomic mass is 9.91. The molecule has 0 aliphatic carbocycles. The lowest BCUT2D eigenvalue weighted by Crippen LogP contribution is -2.51. The minimum atomic E-state index is -0.860. The number of hydrogen-bond donors (Lipinski definition) is 2. The van der Waals surface area contributed by atoms with E-state index < -0.39 is 11.4 Å². The van der Waals surface area contributed by atoms with E-state index in [0.717, 1.165) is 18.7 Å². The van der Waals surface area contributed by atoms with Crippen LogP contribution in [-0.4, -0.2) is 31.7 Å². The number of amides is 1. The van der Waals surface area contributed by atoms with Crippen molar-refractivity contribution in [2.45, 2.75) is 25.4 Å². The van der Waals surface area contributed by atoms with Crippen molar-refractivity contribution < 1.29 is 13.9 Å². The molecule has 0 spiro atoms. The van der Waals surface area contributed by atoms with Gasteiger partial charge in [0.2, 0.25) is 0 Å². The Morgan fingerprint density at radius 3 is 2.74 bits per heavy atom. The fourth-order valence-corrected chi connectivity index (χ4v) is 2.33. The van der Waals surface area contributed by atoms with Gasteiger partial charge in [0, 0.05) is 7.11 Å². The van der Waals surface area contributed by atoms with E-state index in [1.54, 1.807) is 12.1 Å². The summed E-state index contributed by atoms with van der Waals surface area (Å²) in [6.07, 6.45) is 1.17. The molecule has 0 unspecified atom stereocenters. The van der Waals surface area contributed by atoms with E-state index in [4.69, 9.17) is 4.74 Å². The summed E-state index contributed by atoms with van der Waals surface area (Å²) in [6, 6.07) is 4.64. The highest BCUT2D eigenvalue weighted by molar-refractivity contribution is 5.97. The molecule has 1 amide bonds. The molecular formula is C14H19FN2O2. The molecule has 0 radical (unpaired) electrons. The van der Waals surface area contributed by atoms with Crippen molar-refractivity contribution in [1.29, 1.82) is 0 Å². The van der Waals surface area contributed by atoms with Crippen LogP contribution in [0.25, 0.3) is 0 Å². The smallest absolute Gasteiger partial charge is 0.256 e. The minimum Gasteiger partial charge on any atom is -0.368 e. The number of rotatable bonds is 3. The SMILES string of the molecule is COC1(C(=O)Nc2cc(C)ccc2F)CCNCC1. The van der Waals surface area contributed by atoms with E-state index in [-0.39, 0.29) is 11.6 Å². The predicted molar refractivity (Wildman–Crippen MR) is 71.6 cm³/mol. The summed E-state index contributed by atoms with van der Waals surface area (Å²) >= 11 is 0. The number of methoxy groups -OCH3 is 1. The molecule has 1 aliphatic rings. The molecule has 19 heavy (non-hydrogen) atoms. The number of halogens is 1. The summed E-state index contributed by atoms with van der Waals surface area (Å²) in [4.78, 5) is 12.4. The van der Waals surface area contributed by atoms with Crippen molar-refractivity contribution in [1.82, 2.24) is 5.32 Å². The molecule has 5 heteroatoms. The third-order valence-corrected chi connectivity index (χ3v) is 3.59. The highest BCUT2D eigenvalue weighted by atomic mass is 19.1. The molecule has 104 valence electrons. The maximum atomic E-state index is 13.7. The Labute approximate surface area is 112 Å². The van der Waals surface area contributed by atoms with Gasteiger partial charge in [-0.25, -0.2) is 4.39 Å². The van der Waals surface area contributed by atoms with Crippen molar-refractivity contribution in [3.05, 3.63) is 29.6 Å². The van der Waals surface area contributed by atoms with Crippen molar-refractivity contribution in [2.24, 2.45) is 0 Å². The van der Waals surface area contributed by atoms with Crippen molar-refractivity contribution in [2.75, 3.05) is 25.5 Å². The number of anilines is 1. The van der Waals surface area contributed by atoms with E-state index in [0.29, 0.717) is 12.8 Å². The van der Waals surface area contributed by atoms with Crippen LogP contribution in [0.4, 0.5) is 10.1 Å². The number of carbonyl (C=O) groups is 1. The Morgan fingerprint density at radius 2 is 2.11 bits per heavy atom. The normalized spacial score (nSPS) is 18.1. The van der Waals surface area contributed by atoms with E-state index >= 15 is 0 Å². The standard InChI is InChI=1S/C14H19FN2O2/c1-10-3-4-11(15)12(9-10)17-13(18)14(19-2)5-7-16-8-6-14/h3-4,9,16H,5-8H2,1-2H3,(H,17,18). The second kappa shape index (κ2) is 5.67. The third-order valence-electron chi connectivity index (χ3n) is 3.59. The largest absolute Gasteiger partial charge is 0.368 e. The fourth-order valence-electron chi connectivity index (χ4n) is 2.33. The van der Waals surface area contributed by atoms with Crippen LogP contribution in [0.15, 0.2) is 18.2 Å². The van der Waals surface area contributed by atoms with Crippen molar-refractivity contribution in [3.63, 3.8) is 0 Å². The zero-order chi connectivity index (χ0) is 13.9. The molecule has 1 aliphatic heterocycles. The predicted octanol–water partition coefficient (Wildman–Crippen LogP) is 1.84. The van der Waals surface area contributed by atoms with Gasteiger partial charge in [-0.3, -0.25) is 4.79 Å². The Bertz CT molecular complexity index is 471. The monoisotopic (exact) mass is 266 g/mol. The average Bonchev–Trinajstić information content (AvgIpc) is 2.43. The van der Waals surface area contributed by atoms with Crippen LogP contribution in [0.3, 0.4) is 0 Å². The van der Waals surface area contributed by atoms with Crippen LogP contribution in [0.5, 0.6) is 0 Å².